The third-order valence-corrected chi connectivity index (χ3v) is 3.72. The smallest absolute Gasteiger partial charge is 0.309 e. The molecule has 0 heterocycles. The largest absolute Gasteiger partial charge is 0.481 e. The zero-order chi connectivity index (χ0) is 15.6. The number of halogens is 1. The van der Waals surface area contributed by atoms with Crippen molar-refractivity contribution in [3.63, 3.8) is 0 Å². The van der Waals surface area contributed by atoms with E-state index in [0.717, 1.165) is 18.4 Å². The summed E-state index contributed by atoms with van der Waals surface area (Å²) in [5.41, 5.74) is -0.366. The minimum absolute atomic E-state index is 0.0475. The van der Waals surface area contributed by atoms with Gasteiger partial charge in [-0.2, -0.15) is 0 Å². The van der Waals surface area contributed by atoms with Crippen molar-refractivity contribution in [2.24, 2.45) is 5.41 Å². The number of amides is 1. The Labute approximate surface area is 123 Å². The predicted molar refractivity (Wildman–Crippen MR) is 76.0 cm³/mol. The molecule has 0 spiro atoms. The van der Waals surface area contributed by atoms with Crippen LogP contribution in [0.4, 0.5) is 4.39 Å². The minimum Gasteiger partial charge on any atom is -0.481 e. The maximum Gasteiger partial charge on any atom is 0.309 e. The second-order valence-corrected chi connectivity index (χ2v) is 6.25. The maximum atomic E-state index is 13.2. The number of hydrogen-bond acceptors (Lipinski definition) is 2. The highest BCUT2D eigenvalue weighted by Gasteiger charge is 2.37. The fourth-order valence-electron chi connectivity index (χ4n) is 2.19. The fraction of sp³-hybridized carbons (Fsp3) is 0.500. The van der Waals surface area contributed by atoms with Crippen molar-refractivity contribution in [1.29, 1.82) is 0 Å². The lowest BCUT2D eigenvalue weighted by atomic mass is 9.89. The number of benzene rings is 1. The van der Waals surface area contributed by atoms with E-state index in [1.807, 2.05) is 0 Å². The van der Waals surface area contributed by atoms with Crippen molar-refractivity contribution in [3.8, 4) is 0 Å². The number of carbonyl (C=O) groups is 2. The highest BCUT2D eigenvalue weighted by Crippen LogP contribution is 2.31. The van der Waals surface area contributed by atoms with Crippen LogP contribution in [0.25, 0.3) is 0 Å². The molecule has 1 aliphatic rings. The molecular formula is C16H20FNO3. The molecule has 5 heteroatoms. The zero-order valence-corrected chi connectivity index (χ0v) is 12.3. The van der Waals surface area contributed by atoms with Gasteiger partial charge in [-0.05, 0) is 44.4 Å². The molecule has 1 amide bonds. The molecule has 4 nitrogen and oxygen atoms in total. The second kappa shape index (κ2) is 5.84. The number of carbonyl (C=O) groups excluding carboxylic acids is 1. The Morgan fingerprint density at radius 2 is 2.05 bits per heavy atom. The molecule has 0 aromatic heterocycles. The van der Waals surface area contributed by atoms with Gasteiger partial charge in [0.05, 0.1) is 5.41 Å². The van der Waals surface area contributed by atoms with Crippen molar-refractivity contribution >= 4 is 11.9 Å². The van der Waals surface area contributed by atoms with E-state index < -0.39 is 11.4 Å². The van der Waals surface area contributed by atoms with Crippen LogP contribution >= 0.6 is 0 Å². The number of nitrogens with zero attached hydrogens (tertiary/aromatic N) is 1. The first-order chi connectivity index (χ1) is 9.79. The van der Waals surface area contributed by atoms with E-state index in [-0.39, 0.29) is 24.2 Å². The lowest BCUT2D eigenvalue weighted by molar-refractivity contribution is -0.151. The summed E-state index contributed by atoms with van der Waals surface area (Å²) in [5, 5.41) is 9.13. The number of carboxylic acids is 1. The Hall–Kier alpha value is -1.91. The van der Waals surface area contributed by atoms with Gasteiger partial charge in [0.15, 0.2) is 0 Å². The first-order valence-electron chi connectivity index (χ1n) is 7.07. The SMILES string of the molecule is CC(C)(CC(=O)N(Cc1cccc(F)c1)C1CC1)C(=O)O. The van der Waals surface area contributed by atoms with Gasteiger partial charge in [-0.3, -0.25) is 9.59 Å². The van der Waals surface area contributed by atoms with Crippen LogP contribution in [0.1, 0.15) is 38.7 Å². The Bertz CT molecular complexity index is 552. The fourth-order valence-corrected chi connectivity index (χ4v) is 2.19. The monoisotopic (exact) mass is 293 g/mol. The van der Waals surface area contributed by atoms with Crippen molar-refractivity contribution in [2.75, 3.05) is 0 Å². The number of aliphatic carboxylic acids is 1. The van der Waals surface area contributed by atoms with Gasteiger partial charge in [-0.1, -0.05) is 12.1 Å². The zero-order valence-electron chi connectivity index (χ0n) is 12.3. The predicted octanol–water partition coefficient (Wildman–Crippen LogP) is 2.82. The van der Waals surface area contributed by atoms with Gasteiger partial charge in [0.1, 0.15) is 5.82 Å². The van der Waals surface area contributed by atoms with Gasteiger partial charge in [-0.25, -0.2) is 4.39 Å². The second-order valence-electron chi connectivity index (χ2n) is 6.25. The molecule has 1 aromatic rings. The maximum absolute atomic E-state index is 13.2. The lowest BCUT2D eigenvalue weighted by Gasteiger charge is -2.27. The van der Waals surface area contributed by atoms with E-state index in [4.69, 9.17) is 5.11 Å². The first kappa shape index (κ1) is 15.5. The van der Waals surface area contributed by atoms with Gasteiger partial charge in [0.25, 0.3) is 0 Å². The summed E-state index contributed by atoms with van der Waals surface area (Å²) in [6.45, 7) is 3.41. The van der Waals surface area contributed by atoms with E-state index in [2.05, 4.69) is 0 Å². The molecule has 0 aliphatic heterocycles. The third-order valence-electron chi connectivity index (χ3n) is 3.72. The third kappa shape index (κ3) is 4.03. The van der Waals surface area contributed by atoms with Crippen LogP contribution in [-0.2, 0) is 16.1 Å². The van der Waals surface area contributed by atoms with Crippen LogP contribution in [-0.4, -0.2) is 27.9 Å². The van der Waals surface area contributed by atoms with Crippen molar-refractivity contribution in [1.82, 2.24) is 4.90 Å². The molecule has 1 aliphatic carbocycles. The highest BCUT2D eigenvalue weighted by molar-refractivity contribution is 5.84. The van der Waals surface area contributed by atoms with Gasteiger partial charge >= 0.3 is 5.97 Å². The molecule has 0 saturated heterocycles. The molecule has 0 atom stereocenters. The number of hydrogen-bond donors (Lipinski definition) is 1. The summed E-state index contributed by atoms with van der Waals surface area (Å²) in [6, 6.07) is 6.31. The Morgan fingerprint density at radius 3 is 2.57 bits per heavy atom. The number of rotatable bonds is 6. The van der Waals surface area contributed by atoms with E-state index in [9.17, 15) is 14.0 Å². The van der Waals surface area contributed by atoms with E-state index in [1.165, 1.54) is 12.1 Å². The first-order valence-corrected chi connectivity index (χ1v) is 7.07. The average Bonchev–Trinajstić information content (AvgIpc) is 3.19. The molecule has 2 rings (SSSR count). The molecular weight excluding hydrogens is 273 g/mol. The molecule has 0 unspecified atom stereocenters. The molecule has 0 bridgehead atoms. The van der Waals surface area contributed by atoms with Gasteiger partial charge in [0.2, 0.25) is 5.91 Å². The Balaban J connectivity index is 2.09. The molecule has 114 valence electrons. The van der Waals surface area contributed by atoms with Gasteiger partial charge < -0.3 is 10.0 Å². The van der Waals surface area contributed by atoms with Gasteiger partial charge in [-0.15, -0.1) is 0 Å². The van der Waals surface area contributed by atoms with Crippen molar-refractivity contribution in [2.45, 2.75) is 45.7 Å². The van der Waals surface area contributed by atoms with E-state index in [0.29, 0.717) is 6.54 Å². The summed E-state index contributed by atoms with van der Waals surface area (Å²) in [4.78, 5) is 25.2. The van der Waals surface area contributed by atoms with Crippen LogP contribution in [0.2, 0.25) is 0 Å². The van der Waals surface area contributed by atoms with Crippen molar-refractivity contribution in [3.05, 3.63) is 35.6 Å². The van der Waals surface area contributed by atoms with Crippen LogP contribution < -0.4 is 0 Å². The number of carboxylic acid groups (broad SMARTS) is 1. The van der Waals surface area contributed by atoms with Crippen LogP contribution in [0, 0.1) is 11.2 Å². The normalized spacial score (nSPS) is 14.8. The standard InChI is InChI=1S/C16H20FNO3/c1-16(2,15(20)21)9-14(19)18(13-6-7-13)10-11-4-3-5-12(17)8-11/h3-5,8,13H,6-7,9-10H2,1-2H3,(H,20,21). The quantitative estimate of drug-likeness (QED) is 0.877. The summed E-state index contributed by atoms with van der Waals surface area (Å²) < 4.78 is 13.2. The van der Waals surface area contributed by atoms with Crippen molar-refractivity contribution < 1.29 is 19.1 Å². The molecule has 0 radical (unpaired) electrons. The minimum atomic E-state index is -1.09. The summed E-state index contributed by atoms with van der Waals surface area (Å²) >= 11 is 0. The lowest BCUT2D eigenvalue weighted by Crippen LogP contribution is -2.37. The summed E-state index contributed by atoms with van der Waals surface area (Å²) in [6.07, 6.45) is 1.80. The molecule has 1 N–H and O–H groups in total. The molecule has 1 fully saturated rings. The summed E-state index contributed by atoms with van der Waals surface area (Å²) in [5.74, 6) is -1.51. The van der Waals surface area contributed by atoms with Gasteiger partial charge in [0, 0.05) is 19.0 Å². The topological polar surface area (TPSA) is 57.6 Å². The summed E-state index contributed by atoms with van der Waals surface area (Å²) in [7, 11) is 0. The molecule has 1 aromatic carbocycles. The van der Waals surface area contributed by atoms with Crippen LogP contribution in [0.3, 0.4) is 0 Å². The van der Waals surface area contributed by atoms with Crippen LogP contribution in [0.5, 0.6) is 0 Å². The average molecular weight is 293 g/mol. The Kier molecular flexibility index (Phi) is 4.30. The molecule has 1 saturated carbocycles. The highest BCUT2D eigenvalue weighted by atomic mass is 19.1. The molecule has 21 heavy (non-hydrogen) atoms. The van der Waals surface area contributed by atoms with E-state index in [1.54, 1.807) is 30.9 Å². The van der Waals surface area contributed by atoms with Crippen LogP contribution in [0.15, 0.2) is 24.3 Å². The van der Waals surface area contributed by atoms with E-state index >= 15 is 0 Å². The Morgan fingerprint density at radius 1 is 1.38 bits per heavy atom.